The maximum Gasteiger partial charge on any atom is 0.113 e. The van der Waals surface area contributed by atoms with Gasteiger partial charge in [-0.25, -0.2) is 0 Å². The molecule has 1 aliphatic heterocycles. The van der Waals surface area contributed by atoms with Crippen molar-refractivity contribution in [2.24, 2.45) is 0 Å². The van der Waals surface area contributed by atoms with E-state index in [2.05, 4.69) is 83.6 Å². The summed E-state index contributed by atoms with van der Waals surface area (Å²) in [5, 5.41) is 5.83. The van der Waals surface area contributed by atoms with Gasteiger partial charge in [-0.15, -0.1) is 0 Å². The molecule has 0 nitrogen and oxygen atoms in total. The Bertz CT molecular complexity index is 849. The molecule has 1 heterocycles. The third kappa shape index (κ3) is 1.58. The number of hydrogen-bond donors (Lipinski definition) is 0. The fourth-order valence-corrected chi connectivity index (χ4v) is 6.84. The van der Waals surface area contributed by atoms with Gasteiger partial charge in [-0.3, -0.25) is 0 Å². The van der Waals surface area contributed by atoms with Gasteiger partial charge in [0.25, 0.3) is 0 Å². The Morgan fingerprint density at radius 1 is 0.750 bits per heavy atom. The van der Waals surface area contributed by atoms with Crippen LogP contribution in [0.1, 0.15) is 0 Å². The van der Waals surface area contributed by atoms with Crippen LogP contribution in [0.3, 0.4) is 0 Å². The van der Waals surface area contributed by atoms with Gasteiger partial charge >= 0.3 is 0 Å². The summed E-state index contributed by atoms with van der Waals surface area (Å²) in [5.41, 5.74) is 2.87. The maximum absolute atomic E-state index is 3.62. The molecule has 4 rings (SSSR count). The Labute approximate surface area is 128 Å². The molecular formula is C18H15BrSi. The number of halogens is 1. The zero-order valence-electron chi connectivity index (χ0n) is 11.6. The fraction of sp³-hybridized carbons (Fsp3) is 0.111. The summed E-state index contributed by atoms with van der Waals surface area (Å²) < 4.78 is 1.17. The number of rotatable bonds is 0. The van der Waals surface area contributed by atoms with Crippen LogP contribution in [0.4, 0.5) is 0 Å². The van der Waals surface area contributed by atoms with Gasteiger partial charge in [0.2, 0.25) is 0 Å². The lowest BCUT2D eigenvalue weighted by molar-refractivity contribution is 1.67. The van der Waals surface area contributed by atoms with Crippen LogP contribution in [0.15, 0.2) is 59.1 Å². The molecule has 3 aromatic carbocycles. The molecule has 0 saturated carbocycles. The van der Waals surface area contributed by atoms with Crippen molar-refractivity contribution in [1.29, 1.82) is 0 Å². The zero-order valence-corrected chi connectivity index (χ0v) is 14.2. The van der Waals surface area contributed by atoms with Crippen molar-refractivity contribution in [2.45, 2.75) is 13.1 Å². The fourth-order valence-electron chi connectivity index (χ4n) is 3.41. The van der Waals surface area contributed by atoms with Crippen LogP contribution in [-0.4, -0.2) is 8.07 Å². The van der Waals surface area contributed by atoms with Gasteiger partial charge in [-0.05, 0) is 50.5 Å². The molecule has 0 unspecified atom stereocenters. The molecule has 0 spiro atoms. The molecule has 1 aliphatic rings. The lowest BCUT2D eigenvalue weighted by Crippen LogP contribution is -2.49. The van der Waals surface area contributed by atoms with Gasteiger partial charge < -0.3 is 0 Å². The van der Waals surface area contributed by atoms with E-state index in [1.165, 1.54) is 26.4 Å². The highest BCUT2D eigenvalue weighted by Gasteiger charge is 2.37. The van der Waals surface area contributed by atoms with E-state index in [4.69, 9.17) is 0 Å². The molecule has 98 valence electrons. The second-order valence-electron chi connectivity index (χ2n) is 6.06. The SMILES string of the molecule is C[Si]1(C)c2ccc(Br)cc2-c2cc3ccccc3cc21. The van der Waals surface area contributed by atoms with E-state index in [0.717, 1.165) is 0 Å². The van der Waals surface area contributed by atoms with Crippen molar-refractivity contribution in [3.63, 3.8) is 0 Å². The minimum Gasteiger partial charge on any atom is -0.0616 e. The van der Waals surface area contributed by atoms with E-state index in [0.29, 0.717) is 0 Å². The molecule has 0 fully saturated rings. The van der Waals surface area contributed by atoms with Gasteiger partial charge in [-0.2, -0.15) is 0 Å². The molecule has 0 aliphatic carbocycles. The number of benzene rings is 3. The second kappa shape index (κ2) is 4.06. The van der Waals surface area contributed by atoms with E-state index < -0.39 is 8.07 Å². The lowest BCUT2D eigenvalue weighted by atomic mass is 10.0. The first-order valence-electron chi connectivity index (χ1n) is 6.91. The second-order valence-corrected chi connectivity index (χ2v) is 11.3. The summed E-state index contributed by atoms with van der Waals surface area (Å²) in [6.07, 6.45) is 0. The largest absolute Gasteiger partial charge is 0.113 e. The Kier molecular flexibility index (Phi) is 2.51. The van der Waals surface area contributed by atoms with E-state index >= 15 is 0 Å². The summed E-state index contributed by atoms with van der Waals surface area (Å²) in [7, 11) is -1.54. The van der Waals surface area contributed by atoms with Crippen LogP contribution in [0.25, 0.3) is 21.9 Å². The molecule has 3 aromatic rings. The minimum atomic E-state index is -1.54. The molecular weight excluding hydrogens is 324 g/mol. The van der Waals surface area contributed by atoms with E-state index in [9.17, 15) is 0 Å². The van der Waals surface area contributed by atoms with Crippen molar-refractivity contribution in [3.05, 3.63) is 59.1 Å². The van der Waals surface area contributed by atoms with Crippen LogP contribution in [0.5, 0.6) is 0 Å². The first-order chi connectivity index (χ1) is 9.57. The molecule has 20 heavy (non-hydrogen) atoms. The predicted molar refractivity (Wildman–Crippen MR) is 93.8 cm³/mol. The Morgan fingerprint density at radius 3 is 2.15 bits per heavy atom. The Hall–Kier alpha value is -1.38. The van der Waals surface area contributed by atoms with Crippen LogP contribution < -0.4 is 10.4 Å². The van der Waals surface area contributed by atoms with Crippen molar-refractivity contribution in [1.82, 2.24) is 0 Å². The van der Waals surface area contributed by atoms with Crippen LogP contribution in [0.2, 0.25) is 13.1 Å². The average molecular weight is 339 g/mol. The molecule has 2 heteroatoms. The molecule has 0 saturated heterocycles. The normalized spacial score (nSPS) is 15.2. The highest BCUT2D eigenvalue weighted by atomic mass is 79.9. The van der Waals surface area contributed by atoms with E-state index in [-0.39, 0.29) is 0 Å². The molecule has 0 N–H and O–H groups in total. The van der Waals surface area contributed by atoms with E-state index in [1.807, 2.05) is 0 Å². The summed E-state index contributed by atoms with van der Waals surface area (Å²) in [4.78, 5) is 0. The number of hydrogen-bond acceptors (Lipinski definition) is 0. The highest BCUT2D eigenvalue weighted by molar-refractivity contribution is 9.10. The zero-order chi connectivity index (χ0) is 13.9. The third-order valence-corrected chi connectivity index (χ3v) is 8.54. The summed E-state index contributed by atoms with van der Waals surface area (Å²) in [6, 6.07) is 20.2. The molecule has 0 radical (unpaired) electrons. The molecule has 0 atom stereocenters. The average Bonchev–Trinajstić information content (AvgIpc) is 2.65. The monoisotopic (exact) mass is 338 g/mol. The van der Waals surface area contributed by atoms with Crippen LogP contribution >= 0.6 is 15.9 Å². The van der Waals surface area contributed by atoms with Crippen LogP contribution in [-0.2, 0) is 0 Å². The quantitative estimate of drug-likeness (QED) is 0.533. The smallest absolute Gasteiger partial charge is 0.0616 e. The molecule has 0 bridgehead atoms. The van der Waals surface area contributed by atoms with Crippen molar-refractivity contribution >= 4 is 45.1 Å². The van der Waals surface area contributed by atoms with Crippen molar-refractivity contribution < 1.29 is 0 Å². The highest BCUT2D eigenvalue weighted by Crippen LogP contribution is 2.32. The summed E-state index contributed by atoms with van der Waals surface area (Å²) in [6.45, 7) is 4.92. The van der Waals surface area contributed by atoms with Gasteiger partial charge in [0, 0.05) is 4.47 Å². The van der Waals surface area contributed by atoms with Gasteiger partial charge in [0.15, 0.2) is 0 Å². The third-order valence-electron chi connectivity index (χ3n) is 4.50. The number of fused-ring (bicyclic) bond motifs is 4. The first kappa shape index (κ1) is 12.4. The first-order valence-corrected chi connectivity index (χ1v) is 10.7. The van der Waals surface area contributed by atoms with Crippen LogP contribution in [0, 0.1) is 0 Å². The molecule has 0 aromatic heterocycles. The molecule has 0 amide bonds. The predicted octanol–water partition coefficient (Wildman–Crippen LogP) is 4.41. The topological polar surface area (TPSA) is 0 Å². The Balaban J connectivity index is 2.13. The van der Waals surface area contributed by atoms with Gasteiger partial charge in [-0.1, -0.05) is 65.4 Å². The van der Waals surface area contributed by atoms with Crippen molar-refractivity contribution in [3.8, 4) is 11.1 Å². The van der Waals surface area contributed by atoms with Gasteiger partial charge in [0.1, 0.15) is 8.07 Å². The summed E-state index contributed by atoms with van der Waals surface area (Å²) in [5.74, 6) is 0. The van der Waals surface area contributed by atoms with Gasteiger partial charge in [0.05, 0.1) is 0 Å². The minimum absolute atomic E-state index is 1.17. The lowest BCUT2D eigenvalue weighted by Gasteiger charge is -2.19. The van der Waals surface area contributed by atoms with Crippen molar-refractivity contribution in [2.75, 3.05) is 0 Å². The maximum atomic E-state index is 3.62. The summed E-state index contributed by atoms with van der Waals surface area (Å²) >= 11 is 3.62. The van der Waals surface area contributed by atoms with E-state index in [1.54, 1.807) is 10.4 Å². The standard InChI is InChI=1S/C18H15BrSi/c1-20(2)17-8-7-14(19)11-16(17)15-9-12-5-3-4-6-13(12)10-18(15)20/h3-11H,1-2H3. The Morgan fingerprint density at radius 2 is 1.40 bits per heavy atom.